The average Bonchev–Trinajstić information content (AvgIpc) is 2.67. The van der Waals surface area contributed by atoms with Crippen molar-refractivity contribution in [3.63, 3.8) is 0 Å². The summed E-state index contributed by atoms with van der Waals surface area (Å²) in [6.07, 6.45) is 7.36. The highest BCUT2D eigenvalue weighted by molar-refractivity contribution is 5.69. The predicted octanol–water partition coefficient (Wildman–Crippen LogP) is 1.98. The van der Waals surface area contributed by atoms with Crippen molar-refractivity contribution in [2.45, 2.75) is 52.2 Å². The van der Waals surface area contributed by atoms with Gasteiger partial charge in [0.25, 0.3) is 0 Å². The molecule has 0 aromatic carbocycles. The van der Waals surface area contributed by atoms with Crippen molar-refractivity contribution in [1.82, 2.24) is 9.78 Å². The maximum absolute atomic E-state index is 11.7. The van der Waals surface area contributed by atoms with Gasteiger partial charge in [0, 0.05) is 6.20 Å². The van der Waals surface area contributed by atoms with Crippen molar-refractivity contribution in [2.24, 2.45) is 5.41 Å². The molecule has 0 unspecified atom stereocenters. The topological polar surface area (TPSA) is 70.1 Å². The maximum Gasteiger partial charge on any atom is 0.328 e. The smallest absolute Gasteiger partial charge is 0.328 e. The largest absolute Gasteiger partial charge is 0.461 e. The molecule has 0 radical (unpaired) electrons. The van der Waals surface area contributed by atoms with E-state index < -0.39 is 0 Å². The first-order chi connectivity index (χ1) is 8.44. The second kappa shape index (κ2) is 5.00. The lowest BCUT2D eigenvalue weighted by molar-refractivity contribution is -0.152. The number of carbonyl (C=O) groups is 1. The number of anilines is 1. The molecule has 5 nitrogen and oxygen atoms in total. The number of nitrogen functional groups attached to an aromatic ring is 1. The van der Waals surface area contributed by atoms with Crippen LogP contribution in [0.5, 0.6) is 0 Å². The lowest BCUT2D eigenvalue weighted by Crippen LogP contribution is -2.29. The third kappa shape index (κ3) is 3.48. The Balaban J connectivity index is 1.78. The van der Waals surface area contributed by atoms with Crippen molar-refractivity contribution in [1.29, 1.82) is 0 Å². The van der Waals surface area contributed by atoms with Crippen LogP contribution < -0.4 is 5.73 Å². The third-order valence-electron chi connectivity index (χ3n) is 3.53. The molecule has 100 valence electrons. The normalized spacial score (nSPS) is 19.7. The molecule has 2 rings (SSSR count). The molecule has 1 aromatic heterocycles. The van der Waals surface area contributed by atoms with Gasteiger partial charge in [0.1, 0.15) is 12.6 Å². The highest BCUT2D eigenvalue weighted by atomic mass is 16.5. The van der Waals surface area contributed by atoms with Gasteiger partial charge in [-0.3, -0.25) is 9.48 Å². The van der Waals surface area contributed by atoms with Gasteiger partial charge in [0.05, 0.1) is 11.9 Å². The fourth-order valence-electron chi connectivity index (χ4n) is 2.31. The second-order valence-corrected chi connectivity index (χ2v) is 5.82. The van der Waals surface area contributed by atoms with Gasteiger partial charge in [0.15, 0.2) is 0 Å². The minimum absolute atomic E-state index is 0.0680. The van der Waals surface area contributed by atoms with Crippen LogP contribution in [0.25, 0.3) is 0 Å². The number of rotatable bonds is 3. The van der Waals surface area contributed by atoms with Crippen molar-refractivity contribution in [2.75, 3.05) is 5.73 Å². The first-order valence-corrected chi connectivity index (χ1v) is 6.42. The quantitative estimate of drug-likeness (QED) is 0.834. The molecule has 0 amide bonds. The molecule has 0 aliphatic heterocycles. The number of esters is 1. The molecule has 1 aromatic rings. The van der Waals surface area contributed by atoms with Crippen LogP contribution in [0.2, 0.25) is 0 Å². The van der Waals surface area contributed by atoms with Gasteiger partial charge in [-0.2, -0.15) is 5.10 Å². The molecule has 0 atom stereocenters. The van der Waals surface area contributed by atoms with Crippen LogP contribution in [0.15, 0.2) is 12.4 Å². The number of nitrogens with zero attached hydrogens (tertiary/aromatic N) is 2. The summed E-state index contributed by atoms with van der Waals surface area (Å²) < 4.78 is 6.96. The van der Waals surface area contributed by atoms with Gasteiger partial charge in [-0.05, 0) is 31.1 Å². The minimum atomic E-state index is -0.234. The number of carbonyl (C=O) groups excluding carboxylic acids is 1. The van der Waals surface area contributed by atoms with Crippen LogP contribution in [-0.2, 0) is 16.1 Å². The van der Waals surface area contributed by atoms with Crippen LogP contribution in [0.3, 0.4) is 0 Å². The summed E-state index contributed by atoms with van der Waals surface area (Å²) in [5.74, 6) is -0.234. The lowest BCUT2D eigenvalue weighted by atomic mass is 9.76. The molecule has 0 saturated heterocycles. The van der Waals surface area contributed by atoms with Gasteiger partial charge >= 0.3 is 5.97 Å². The van der Waals surface area contributed by atoms with Crippen molar-refractivity contribution < 1.29 is 9.53 Å². The molecular formula is C13H21N3O2. The zero-order chi connectivity index (χ0) is 13.2. The molecule has 0 bridgehead atoms. The first-order valence-electron chi connectivity index (χ1n) is 6.42. The molecular weight excluding hydrogens is 230 g/mol. The summed E-state index contributed by atoms with van der Waals surface area (Å²) in [5, 5.41) is 3.96. The summed E-state index contributed by atoms with van der Waals surface area (Å²) >= 11 is 0. The molecule has 1 heterocycles. The Morgan fingerprint density at radius 2 is 2.22 bits per heavy atom. The van der Waals surface area contributed by atoms with E-state index >= 15 is 0 Å². The molecule has 5 heteroatoms. The average molecular weight is 251 g/mol. The van der Waals surface area contributed by atoms with Gasteiger partial charge in [-0.25, -0.2) is 0 Å². The number of nitrogens with two attached hydrogens (primary N) is 1. The Morgan fingerprint density at radius 1 is 1.56 bits per heavy atom. The molecule has 18 heavy (non-hydrogen) atoms. The zero-order valence-corrected chi connectivity index (χ0v) is 11.1. The van der Waals surface area contributed by atoms with Gasteiger partial charge in [-0.1, -0.05) is 13.8 Å². The standard InChI is InChI=1S/C13H21N3O2/c1-13(2)5-3-11(4-6-13)18-12(17)9-16-8-10(14)7-15-16/h7-8,11H,3-6,9,14H2,1-2H3. The Labute approximate surface area is 107 Å². The highest BCUT2D eigenvalue weighted by Crippen LogP contribution is 2.36. The molecule has 1 aliphatic rings. The fourth-order valence-corrected chi connectivity index (χ4v) is 2.31. The maximum atomic E-state index is 11.7. The van der Waals surface area contributed by atoms with E-state index in [9.17, 15) is 4.79 Å². The minimum Gasteiger partial charge on any atom is -0.461 e. The fraction of sp³-hybridized carbons (Fsp3) is 0.692. The SMILES string of the molecule is CC1(C)CCC(OC(=O)Cn2cc(N)cn2)CC1. The lowest BCUT2D eigenvalue weighted by Gasteiger charge is -2.33. The van der Waals surface area contributed by atoms with E-state index in [0.29, 0.717) is 11.1 Å². The second-order valence-electron chi connectivity index (χ2n) is 5.82. The third-order valence-corrected chi connectivity index (χ3v) is 3.53. The predicted molar refractivity (Wildman–Crippen MR) is 68.8 cm³/mol. The molecule has 1 aliphatic carbocycles. The first kappa shape index (κ1) is 12.9. The van der Waals surface area contributed by atoms with E-state index in [4.69, 9.17) is 10.5 Å². The summed E-state index contributed by atoms with van der Waals surface area (Å²) in [6, 6.07) is 0. The van der Waals surface area contributed by atoms with E-state index in [0.717, 1.165) is 25.7 Å². The van der Waals surface area contributed by atoms with Gasteiger partial charge < -0.3 is 10.5 Å². The van der Waals surface area contributed by atoms with Crippen LogP contribution >= 0.6 is 0 Å². The number of ether oxygens (including phenoxy) is 1. The Kier molecular flexibility index (Phi) is 3.59. The summed E-state index contributed by atoms with van der Waals surface area (Å²) in [5.41, 5.74) is 6.48. The van der Waals surface area contributed by atoms with Crippen LogP contribution in [0.4, 0.5) is 5.69 Å². The van der Waals surface area contributed by atoms with E-state index in [-0.39, 0.29) is 18.6 Å². The van der Waals surface area contributed by atoms with Crippen LogP contribution in [0.1, 0.15) is 39.5 Å². The number of hydrogen-bond donors (Lipinski definition) is 1. The van der Waals surface area contributed by atoms with E-state index in [1.54, 1.807) is 6.20 Å². The van der Waals surface area contributed by atoms with Gasteiger partial charge in [-0.15, -0.1) is 0 Å². The Bertz CT molecular complexity index is 416. The summed E-state index contributed by atoms with van der Waals surface area (Å²) in [6.45, 7) is 4.66. The number of hydrogen-bond acceptors (Lipinski definition) is 4. The monoisotopic (exact) mass is 251 g/mol. The molecule has 2 N–H and O–H groups in total. The molecule has 1 saturated carbocycles. The zero-order valence-electron chi connectivity index (χ0n) is 11.1. The summed E-state index contributed by atoms with van der Waals surface area (Å²) in [7, 11) is 0. The Hall–Kier alpha value is -1.52. The van der Waals surface area contributed by atoms with E-state index in [1.807, 2.05) is 0 Å². The van der Waals surface area contributed by atoms with Crippen molar-refractivity contribution >= 4 is 11.7 Å². The molecule has 0 spiro atoms. The molecule has 1 fully saturated rings. The number of aromatic nitrogens is 2. The Morgan fingerprint density at radius 3 is 2.78 bits per heavy atom. The van der Waals surface area contributed by atoms with Crippen LogP contribution in [-0.4, -0.2) is 21.9 Å². The van der Waals surface area contributed by atoms with Gasteiger partial charge in [0.2, 0.25) is 0 Å². The highest BCUT2D eigenvalue weighted by Gasteiger charge is 2.28. The van der Waals surface area contributed by atoms with Crippen molar-refractivity contribution in [3.05, 3.63) is 12.4 Å². The summed E-state index contributed by atoms with van der Waals surface area (Å²) in [4.78, 5) is 11.7. The van der Waals surface area contributed by atoms with Crippen LogP contribution in [0, 0.1) is 5.41 Å². The van der Waals surface area contributed by atoms with E-state index in [1.165, 1.54) is 10.9 Å². The van der Waals surface area contributed by atoms with E-state index in [2.05, 4.69) is 18.9 Å². The van der Waals surface area contributed by atoms with Crippen molar-refractivity contribution in [3.8, 4) is 0 Å².